The van der Waals surface area contributed by atoms with Gasteiger partial charge in [-0.3, -0.25) is 14.2 Å². The van der Waals surface area contributed by atoms with Gasteiger partial charge in [-0.2, -0.15) is 5.10 Å². The van der Waals surface area contributed by atoms with Gasteiger partial charge in [0.15, 0.2) is 5.16 Å². The van der Waals surface area contributed by atoms with E-state index in [0.29, 0.717) is 11.8 Å². The summed E-state index contributed by atoms with van der Waals surface area (Å²) >= 11 is 6.31. The average Bonchev–Trinajstić information content (AvgIpc) is 3.34. The monoisotopic (exact) mass is 638 g/mol. The SMILES string of the molecule is CCCCCOc1ccc(C=NNC(=O)CSc2nc3sc4c(c3c(=O)n2-c2ccc(Br)cc2)CCCC4)cc1. The summed E-state index contributed by atoms with van der Waals surface area (Å²) in [6.45, 7) is 2.88. The number of carbonyl (C=O) groups is 1. The molecule has 0 bridgehead atoms. The second-order valence-corrected chi connectivity index (χ2v) is 12.6. The van der Waals surface area contributed by atoms with Crippen LogP contribution in [0.3, 0.4) is 0 Å². The number of rotatable bonds is 11. The molecule has 40 heavy (non-hydrogen) atoms. The summed E-state index contributed by atoms with van der Waals surface area (Å²) in [5.74, 6) is 0.613. The predicted molar refractivity (Wildman–Crippen MR) is 167 cm³/mol. The Kier molecular flexibility index (Phi) is 9.72. The Balaban J connectivity index is 1.28. The summed E-state index contributed by atoms with van der Waals surface area (Å²) in [6.07, 6.45) is 9.09. The first kappa shape index (κ1) is 28.6. The Hall–Kier alpha value is -2.95. The minimum absolute atomic E-state index is 0.0709. The lowest BCUT2D eigenvalue weighted by atomic mass is 9.97. The third-order valence-corrected chi connectivity index (χ3v) is 9.33. The van der Waals surface area contributed by atoms with Crippen molar-refractivity contribution in [2.24, 2.45) is 5.10 Å². The van der Waals surface area contributed by atoms with Gasteiger partial charge in [0.05, 0.1) is 29.6 Å². The summed E-state index contributed by atoms with van der Waals surface area (Å²) in [4.78, 5) is 33.4. The molecule has 4 aromatic rings. The van der Waals surface area contributed by atoms with E-state index in [-0.39, 0.29) is 17.2 Å². The molecule has 208 valence electrons. The number of unbranched alkanes of at least 4 members (excludes halogenated alkanes) is 2. The Labute approximate surface area is 250 Å². The number of nitrogens with one attached hydrogen (secondary N) is 1. The minimum Gasteiger partial charge on any atom is -0.494 e. The highest BCUT2D eigenvalue weighted by atomic mass is 79.9. The number of benzene rings is 2. The number of amides is 1. The maximum atomic E-state index is 13.8. The van der Waals surface area contributed by atoms with E-state index in [1.54, 1.807) is 22.1 Å². The molecule has 2 heterocycles. The highest BCUT2D eigenvalue weighted by Gasteiger charge is 2.23. The van der Waals surface area contributed by atoms with E-state index in [2.05, 4.69) is 33.4 Å². The number of carbonyl (C=O) groups excluding carboxylic acids is 1. The van der Waals surface area contributed by atoms with Crippen molar-refractivity contribution in [3.63, 3.8) is 0 Å². The van der Waals surface area contributed by atoms with Crippen molar-refractivity contribution in [2.45, 2.75) is 57.0 Å². The standard InChI is InChI=1S/C30H31BrN4O3S2/c1-2-3-6-17-38-23-15-9-20(10-16-23)18-32-34-26(36)19-39-30-33-28-27(24-7-4-5-8-25(24)40-28)29(37)35(30)22-13-11-21(31)12-14-22/h9-16,18H,2-8,17,19H2,1H3,(H,34,36). The van der Waals surface area contributed by atoms with Gasteiger partial charge in [-0.25, -0.2) is 10.4 Å². The molecular weight excluding hydrogens is 608 g/mol. The van der Waals surface area contributed by atoms with E-state index < -0.39 is 0 Å². The van der Waals surface area contributed by atoms with Gasteiger partial charge in [0, 0.05) is 9.35 Å². The maximum absolute atomic E-state index is 13.8. The number of thioether (sulfide) groups is 1. The molecule has 2 aromatic heterocycles. The minimum atomic E-state index is -0.278. The Morgan fingerprint density at radius 3 is 2.70 bits per heavy atom. The molecule has 2 aromatic carbocycles. The number of hydrogen-bond donors (Lipinski definition) is 1. The van der Waals surface area contributed by atoms with Crippen LogP contribution in [0.15, 0.2) is 68.1 Å². The van der Waals surface area contributed by atoms with Gasteiger partial charge in [-0.15, -0.1) is 11.3 Å². The van der Waals surface area contributed by atoms with Gasteiger partial charge in [0.1, 0.15) is 10.6 Å². The van der Waals surface area contributed by atoms with Crippen molar-refractivity contribution in [3.05, 3.63) is 79.4 Å². The second-order valence-electron chi connectivity index (χ2n) is 9.61. The smallest absolute Gasteiger partial charge is 0.267 e. The average molecular weight is 640 g/mol. The van der Waals surface area contributed by atoms with Crippen molar-refractivity contribution < 1.29 is 9.53 Å². The maximum Gasteiger partial charge on any atom is 0.267 e. The molecule has 0 fully saturated rings. The number of hydrazone groups is 1. The number of aromatic nitrogens is 2. The number of fused-ring (bicyclic) bond motifs is 3. The molecule has 0 unspecified atom stereocenters. The Morgan fingerprint density at radius 2 is 1.93 bits per heavy atom. The molecule has 7 nitrogen and oxygen atoms in total. The molecule has 5 rings (SSSR count). The van der Waals surface area contributed by atoms with Gasteiger partial charge in [0.25, 0.3) is 11.5 Å². The number of nitrogens with zero attached hydrogens (tertiary/aromatic N) is 3. The van der Waals surface area contributed by atoms with E-state index in [4.69, 9.17) is 9.72 Å². The van der Waals surface area contributed by atoms with Crippen LogP contribution in [0, 0.1) is 0 Å². The summed E-state index contributed by atoms with van der Waals surface area (Å²) in [5.41, 5.74) is 5.22. The van der Waals surface area contributed by atoms with Crippen LogP contribution >= 0.6 is 39.0 Å². The van der Waals surface area contributed by atoms with Crippen molar-refractivity contribution in [1.82, 2.24) is 15.0 Å². The molecule has 0 atom stereocenters. The lowest BCUT2D eigenvalue weighted by molar-refractivity contribution is -0.118. The number of thiophene rings is 1. The van der Waals surface area contributed by atoms with Crippen LogP contribution in [0.5, 0.6) is 5.75 Å². The van der Waals surface area contributed by atoms with Crippen molar-refractivity contribution in [1.29, 1.82) is 0 Å². The first-order chi connectivity index (χ1) is 19.5. The van der Waals surface area contributed by atoms with Crippen LogP contribution in [-0.2, 0) is 17.6 Å². The zero-order valence-electron chi connectivity index (χ0n) is 22.3. The normalized spacial score (nSPS) is 13.1. The fraction of sp³-hybridized carbons (Fsp3) is 0.333. The fourth-order valence-corrected chi connectivity index (χ4v) is 7.01. The fourth-order valence-electron chi connectivity index (χ4n) is 4.63. The molecular formula is C30H31BrN4O3S2. The van der Waals surface area contributed by atoms with E-state index in [1.807, 2.05) is 48.5 Å². The van der Waals surface area contributed by atoms with Crippen LogP contribution in [0.2, 0.25) is 0 Å². The van der Waals surface area contributed by atoms with Crippen molar-refractivity contribution in [3.8, 4) is 11.4 Å². The topological polar surface area (TPSA) is 85.6 Å². The lowest BCUT2D eigenvalue weighted by Gasteiger charge is -2.13. The third-order valence-electron chi connectivity index (χ3n) is 6.67. The van der Waals surface area contributed by atoms with E-state index in [0.717, 1.165) is 82.2 Å². The van der Waals surface area contributed by atoms with Gasteiger partial charge >= 0.3 is 0 Å². The predicted octanol–water partition coefficient (Wildman–Crippen LogP) is 6.90. The van der Waals surface area contributed by atoms with Gasteiger partial charge in [-0.1, -0.05) is 47.5 Å². The van der Waals surface area contributed by atoms with E-state index in [1.165, 1.54) is 16.6 Å². The molecule has 0 spiro atoms. The zero-order chi connectivity index (χ0) is 27.9. The molecule has 0 saturated carbocycles. The summed E-state index contributed by atoms with van der Waals surface area (Å²) in [7, 11) is 0. The van der Waals surface area contributed by atoms with Gasteiger partial charge < -0.3 is 4.74 Å². The molecule has 1 aliphatic carbocycles. The lowest BCUT2D eigenvalue weighted by Crippen LogP contribution is -2.24. The van der Waals surface area contributed by atoms with Crippen LogP contribution in [0.25, 0.3) is 15.9 Å². The summed E-state index contributed by atoms with van der Waals surface area (Å²) < 4.78 is 8.29. The van der Waals surface area contributed by atoms with Crippen LogP contribution in [-0.4, -0.2) is 34.0 Å². The van der Waals surface area contributed by atoms with Gasteiger partial charge in [-0.05, 0) is 91.8 Å². The van der Waals surface area contributed by atoms with E-state index in [9.17, 15) is 9.59 Å². The molecule has 10 heteroatoms. The molecule has 1 N–H and O–H groups in total. The van der Waals surface area contributed by atoms with Crippen molar-refractivity contribution in [2.75, 3.05) is 12.4 Å². The zero-order valence-corrected chi connectivity index (χ0v) is 25.5. The van der Waals surface area contributed by atoms with Crippen molar-refractivity contribution >= 4 is 61.4 Å². The van der Waals surface area contributed by atoms with Crippen LogP contribution in [0.1, 0.15) is 55.0 Å². The van der Waals surface area contributed by atoms with Crippen LogP contribution < -0.4 is 15.7 Å². The number of ether oxygens (including phenoxy) is 1. The molecule has 0 radical (unpaired) electrons. The number of aryl methyl sites for hydroxylation is 2. The Morgan fingerprint density at radius 1 is 1.15 bits per heavy atom. The first-order valence-electron chi connectivity index (χ1n) is 13.5. The molecule has 1 aliphatic rings. The Bertz CT molecular complexity index is 1560. The number of hydrogen-bond acceptors (Lipinski definition) is 7. The van der Waals surface area contributed by atoms with E-state index >= 15 is 0 Å². The third kappa shape index (κ3) is 6.85. The molecule has 0 saturated heterocycles. The first-order valence-corrected chi connectivity index (χ1v) is 16.1. The largest absolute Gasteiger partial charge is 0.494 e. The molecule has 0 aliphatic heterocycles. The highest BCUT2D eigenvalue weighted by molar-refractivity contribution is 9.10. The number of halogens is 1. The van der Waals surface area contributed by atoms with Crippen LogP contribution in [0.4, 0.5) is 0 Å². The highest BCUT2D eigenvalue weighted by Crippen LogP contribution is 2.35. The summed E-state index contributed by atoms with van der Waals surface area (Å²) in [5, 5.41) is 5.31. The summed E-state index contributed by atoms with van der Waals surface area (Å²) in [6, 6.07) is 15.2. The molecule has 1 amide bonds. The quantitative estimate of drug-likeness (QED) is 0.0635. The second kappa shape index (κ2) is 13.6. The van der Waals surface area contributed by atoms with Gasteiger partial charge in [0.2, 0.25) is 0 Å².